The summed E-state index contributed by atoms with van der Waals surface area (Å²) in [5.41, 5.74) is 5.45. The van der Waals surface area contributed by atoms with E-state index in [2.05, 4.69) is 70.6 Å². The second-order valence-corrected chi connectivity index (χ2v) is 5.38. The van der Waals surface area contributed by atoms with Crippen molar-refractivity contribution in [2.75, 3.05) is 5.32 Å². The summed E-state index contributed by atoms with van der Waals surface area (Å²) in [6, 6.07) is 15.3. The highest BCUT2D eigenvalue weighted by atomic mass is 79.9. The Morgan fingerprint density at radius 2 is 1.94 bits per heavy atom. The van der Waals surface area contributed by atoms with Gasteiger partial charge in [-0.3, -0.25) is 0 Å². The second-order valence-electron chi connectivity index (χ2n) is 4.52. The lowest BCUT2D eigenvalue weighted by atomic mass is 10.0. The monoisotopic (exact) mass is 287 g/mol. The summed E-state index contributed by atoms with van der Waals surface area (Å²) in [6.45, 7) is 2.18. The van der Waals surface area contributed by atoms with E-state index in [0.29, 0.717) is 6.04 Å². The van der Waals surface area contributed by atoms with Crippen molar-refractivity contribution in [1.82, 2.24) is 0 Å². The fraction of sp³-hybridized carbons (Fsp3) is 0.200. The molecular formula is C15H14BrN. The molecule has 0 saturated heterocycles. The summed E-state index contributed by atoms with van der Waals surface area (Å²) in [4.78, 5) is 0. The Hall–Kier alpha value is -1.28. The fourth-order valence-electron chi connectivity index (χ4n) is 2.50. The zero-order valence-electron chi connectivity index (χ0n) is 9.70. The lowest BCUT2D eigenvalue weighted by Gasteiger charge is -2.13. The first-order valence-electron chi connectivity index (χ1n) is 5.85. The number of nitrogens with one attached hydrogen (secondary N) is 1. The fourth-order valence-corrected chi connectivity index (χ4v) is 3.06. The highest BCUT2D eigenvalue weighted by molar-refractivity contribution is 9.10. The molecule has 0 amide bonds. The SMILES string of the molecule is Cc1cccc2c1CC(c1ccccc1Br)N2. The van der Waals surface area contributed by atoms with E-state index in [1.54, 1.807) is 0 Å². The van der Waals surface area contributed by atoms with E-state index in [1.807, 2.05) is 0 Å². The van der Waals surface area contributed by atoms with Crippen molar-refractivity contribution in [3.05, 3.63) is 63.6 Å². The number of hydrogen-bond acceptors (Lipinski definition) is 1. The van der Waals surface area contributed by atoms with Gasteiger partial charge in [0.15, 0.2) is 0 Å². The van der Waals surface area contributed by atoms with Gasteiger partial charge < -0.3 is 5.32 Å². The van der Waals surface area contributed by atoms with Crippen LogP contribution in [-0.2, 0) is 6.42 Å². The largest absolute Gasteiger partial charge is 0.378 e. The molecule has 86 valence electrons. The van der Waals surface area contributed by atoms with E-state index in [9.17, 15) is 0 Å². The van der Waals surface area contributed by atoms with Crippen LogP contribution in [0.1, 0.15) is 22.7 Å². The van der Waals surface area contributed by atoms with Gasteiger partial charge in [-0.25, -0.2) is 0 Å². The van der Waals surface area contributed by atoms with Crippen molar-refractivity contribution < 1.29 is 0 Å². The van der Waals surface area contributed by atoms with E-state index in [-0.39, 0.29) is 0 Å². The molecule has 2 aromatic carbocycles. The zero-order valence-corrected chi connectivity index (χ0v) is 11.3. The number of halogens is 1. The van der Waals surface area contributed by atoms with Crippen molar-refractivity contribution in [3.8, 4) is 0 Å². The predicted molar refractivity (Wildman–Crippen MR) is 75.4 cm³/mol. The number of anilines is 1. The van der Waals surface area contributed by atoms with E-state index < -0.39 is 0 Å². The van der Waals surface area contributed by atoms with Gasteiger partial charge in [0.2, 0.25) is 0 Å². The average Bonchev–Trinajstić information content (AvgIpc) is 2.75. The van der Waals surface area contributed by atoms with E-state index >= 15 is 0 Å². The quantitative estimate of drug-likeness (QED) is 0.816. The maximum atomic E-state index is 3.63. The molecule has 0 spiro atoms. The molecule has 2 aromatic rings. The molecule has 0 aliphatic carbocycles. The number of benzene rings is 2. The van der Waals surface area contributed by atoms with Gasteiger partial charge >= 0.3 is 0 Å². The summed E-state index contributed by atoms with van der Waals surface area (Å²) in [5.74, 6) is 0. The molecule has 1 nitrogen and oxygen atoms in total. The van der Waals surface area contributed by atoms with Crippen LogP contribution in [0.4, 0.5) is 5.69 Å². The summed E-state index contributed by atoms with van der Waals surface area (Å²) in [7, 11) is 0. The maximum absolute atomic E-state index is 3.63. The molecule has 1 unspecified atom stereocenters. The third kappa shape index (κ3) is 1.87. The standard InChI is InChI=1S/C15H14BrN/c1-10-5-4-8-14-12(10)9-15(17-14)11-6-2-3-7-13(11)16/h2-8,15,17H,9H2,1H3. The van der Waals surface area contributed by atoms with Crippen LogP contribution < -0.4 is 5.32 Å². The van der Waals surface area contributed by atoms with Gasteiger partial charge in [0.1, 0.15) is 0 Å². The number of rotatable bonds is 1. The van der Waals surface area contributed by atoms with Gasteiger partial charge in [0, 0.05) is 10.2 Å². The first-order chi connectivity index (χ1) is 8.25. The summed E-state index contributed by atoms with van der Waals surface area (Å²) >= 11 is 3.63. The van der Waals surface area contributed by atoms with E-state index in [1.165, 1.54) is 26.9 Å². The minimum Gasteiger partial charge on any atom is -0.378 e. The zero-order chi connectivity index (χ0) is 11.8. The van der Waals surface area contributed by atoms with E-state index in [4.69, 9.17) is 0 Å². The van der Waals surface area contributed by atoms with Crippen LogP contribution in [0.15, 0.2) is 46.9 Å². The predicted octanol–water partition coefficient (Wildman–Crippen LogP) is 4.47. The van der Waals surface area contributed by atoms with Crippen molar-refractivity contribution >= 4 is 21.6 Å². The Morgan fingerprint density at radius 3 is 2.71 bits per heavy atom. The molecule has 1 aliphatic heterocycles. The van der Waals surface area contributed by atoms with Crippen LogP contribution in [0, 0.1) is 6.92 Å². The van der Waals surface area contributed by atoms with Crippen LogP contribution >= 0.6 is 15.9 Å². The molecule has 0 radical (unpaired) electrons. The molecule has 1 atom stereocenters. The molecule has 0 saturated carbocycles. The lowest BCUT2D eigenvalue weighted by molar-refractivity contribution is 0.816. The molecular weight excluding hydrogens is 274 g/mol. The number of fused-ring (bicyclic) bond motifs is 1. The minimum atomic E-state index is 0.390. The Bertz CT molecular complexity index is 563. The van der Waals surface area contributed by atoms with Crippen molar-refractivity contribution in [3.63, 3.8) is 0 Å². The molecule has 1 N–H and O–H groups in total. The van der Waals surface area contributed by atoms with Crippen LogP contribution in [-0.4, -0.2) is 0 Å². The van der Waals surface area contributed by atoms with Gasteiger partial charge in [-0.1, -0.05) is 46.3 Å². The second kappa shape index (κ2) is 4.19. The molecule has 3 rings (SSSR count). The highest BCUT2D eigenvalue weighted by Gasteiger charge is 2.24. The molecule has 1 heterocycles. The minimum absolute atomic E-state index is 0.390. The molecule has 1 aliphatic rings. The normalized spacial score (nSPS) is 17.6. The Kier molecular flexibility index (Phi) is 2.67. The smallest absolute Gasteiger partial charge is 0.0566 e. The van der Waals surface area contributed by atoms with Gasteiger partial charge in [-0.2, -0.15) is 0 Å². The summed E-state index contributed by atoms with van der Waals surface area (Å²) in [6.07, 6.45) is 1.07. The topological polar surface area (TPSA) is 12.0 Å². The maximum Gasteiger partial charge on any atom is 0.0566 e. The van der Waals surface area contributed by atoms with Gasteiger partial charge in [0.25, 0.3) is 0 Å². The molecule has 0 fully saturated rings. The van der Waals surface area contributed by atoms with Crippen molar-refractivity contribution in [2.45, 2.75) is 19.4 Å². The summed E-state index contributed by atoms with van der Waals surface area (Å²) < 4.78 is 1.18. The average molecular weight is 288 g/mol. The van der Waals surface area contributed by atoms with E-state index in [0.717, 1.165) is 6.42 Å². The lowest BCUT2D eigenvalue weighted by Crippen LogP contribution is -2.06. The van der Waals surface area contributed by atoms with Crippen LogP contribution in [0.5, 0.6) is 0 Å². The van der Waals surface area contributed by atoms with Crippen molar-refractivity contribution in [2.24, 2.45) is 0 Å². The third-order valence-corrected chi connectivity index (χ3v) is 4.15. The molecule has 0 aromatic heterocycles. The van der Waals surface area contributed by atoms with Crippen LogP contribution in [0.25, 0.3) is 0 Å². The number of hydrogen-bond donors (Lipinski definition) is 1. The van der Waals surface area contributed by atoms with Crippen molar-refractivity contribution in [1.29, 1.82) is 0 Å². The van der Waals surface area contributed by atoms with Crippen LogP contribution in [0.2, 0.25) is 0 Å². The first-order valence-corrected chi connectivity index (χ1v) is 6.64. The Labute approximate surface area is 110 Å². The molecule has 17 heavy (non-hydrogen) atoms. The van der Waals surface area contributed by atoms with Crippen LogP contribution in [0.3, 0.4) is 0 Å². The molecule has 0 bridgehead atoms. The summed E-state index contributed by atoms with van der Waals surface area (Å²) in [5, 5.41) is 3.60. The third-order valence-electron chi connectivity index (χ3n) is 3.43. The highest BCUT2D eigenvalue weighted by Crippen LogP contribution is 2.37. The first kappa shape index (κ1) is 10.8. The molecule has 2 heteroatoms. The Morgan fingerprint density at radius 1 is 1.12 bits per heavy atom. The van der Waals surface area contributed by atoms with Gasteiger partial charge in [-0.15, -0.1) is 0 Å². The number of aryl methyl sites for hydroxylation is 1. The van der Waals surface area contributed by atoms with Gasteiger partial charge in [0.05, 0.1) is 6.04 Å². The Balaban J connectivity index is 1.97. The van der Waals surface area contributed by atoms with Gasteiger partial charge in [-0.05, 0) is 42.2 Å².